The predicted octanol–water partition coefficient (Wildman–Crippen LogP) is 4.07. The average Bonchev–Trinajstić information content (AvgIpc) is 2.47. The van der Waals surface area contributed by atoms with Crippen LogP contribution in [-0.4, -0.2) is 53.1 Å². The lowest BCUT2D eigenvalue weighted by Crippen LogP contribution is -2.56. The van der Waals surface area contributed by atoms with E-state index in [0.717, 1.165) is 0 Å². The quantitative estimate of drug-likeness (QED) is 0.746. The minimum Gasteiger partial charge on any atom is -0.444 e. The second-order valence-corrected chi connectivity index (χ2v) is 7.72. The van der Waals surface area contributed by atoms with Crippen molar-refractivity contribution in [3.8, 4) is 0 Å². The van der Waals surface area contributed by atoms with Gasteiger partial charge in [-0.05, 0) is 45.9 Å². The van der Waals surface area contributed by atoms with E-state index in [9.17, 15) is 9.59 Å². The van der Waals surface area contributed by atoms with Crippen molar-refractivity contribution in [2.75, 3.05) is 19.6 Å². The molecule has 1 aromatic rings. The van der Waals surface area contributed by atoms with Gasteiger partial charge in [0.2, 0.25) is 0 Å². The van der Waals surface area contributed by atoms with Crippen molar-refractivity contribution in [1.29, 1.82) is 0 Å². The zero-order valence-corrected chi connectivity index (χ0v) is 15.8. The van der Waals surface area contributed by atoms with E-state index in [1.807, 2.05) is 27.7 Å². The van der Waals surface area contributed by atoms with E-state index in [2.05, 4.69) is 0 Å². The molecule has 7 heteroatoms. The minimum absolute atomic E-state index is 0.121. The molecule has 1 heterocycles. The third kappa shape index (κ3) is 4.54. The van der Waals surface area contributed by atoms with Crippen molar-refractivity contribution in [3.05, 3.63) is 33.8 Å². The standard InChI is InChI=1S/C17H22Cl2N2O3/c1-11-10-20(7-8-21(11)16(23)24-17(2,3)4)15(22)12-5-6-13(18)14(19)9-12/h5-6,9,11H,7-8,10H2,1-4H3/t11-/m1/s1. The lowest BCUT2D eigenvalue weighted by molar-refractivity contribution is 0.00198. The number of ether oxygens (including phenoxy) is 1. The van der Waals surface area contributed by atoms with E-state index in [0.29, 0.717) is 35.2 Å². The number of rotatable bonds is 1. The third-order valence-electron chi connectivity index (χ3n) is 3.71. The molecule has 132 valence electrons. The van der Waals surface area contributed by atoms with Crippen LogP contribution in [0.2, 0.25) is 10.0 Å². The molecule has 0 aliphatic carbocycles. The summed E-state index contributed by atoms with van der Waals surface area (Å²) in [4.78, 5) is 28.2. The maximum atomic E-state index is 12.6. The van der Waals surface area contributed by atoms with Crippen molar-refractivity contribution in [2.45, 2.75) is 39.3 Å². The maximum absolute atomic E-state index is 12.6. The number of hydrogen-bond donors (Lipinski definition) is 0. The molecule has 5 nitrogen and oxygen atoms in total. The van der Waals surface area contributed by atoms with Crippen molar-refractivity contribution in [2.24, 2.45) is 0 Å². The highest BCUT2D eigenvalue weighted by Gasteiger charge is 2.32. The van der Waals surface area contributed by atoms with Crippen LogP contribution >= 0.6 is 23.2 Å². The van der Waals surface area contributed by atoms with Gasteiger partial charge in [0.05, 0.1) is 10.0 Å². The normalized spacial score (nSPS) is 18.5. The molecule has 1 atom stereocenters. The first kappa shape index (κ1) is 18.9. The molecular formula is C17H22Cl2N2O3. The average molecular weight is 373 g/mol. The van der Waals surface area contributed by atoms with Crippen LogP contribution < -0.4 is 0 Å². The summed E-state index contributed by atoms with van der Waals surface area (Å²) >= 11 is 11.9. The number of nitrogens with zero attached hydrogens (tertiary/aromatic N) is 2. The fourth-order valence-electron chi connectivity index (χ4n) is 2.55. The van der Waals surface area contributed by atoms with Crippen LogP contribution in [0.25, 0.3) is 0 Å². The van der Waals surface area contributed by atoms with Gasteiger partial charge < -0.3 is 14.5 Å². The largest absolute Gasteiger partial charge is 0.444 e. The van der Waals surface area contributed by atoms with Crippen molar-refractivity contribution in [1.82, 2.24) is 9.80 Å². The smallest absolute Gasteiger partial charge is 0.410 e. The Morgan fingerprint density at radius 1 is 1.17 bits per heavy atom. The van der Waals surface area contributed by atoms with Crippen LogP contribution in [0.5, 0.6) is 0 Å². The number of carbonyl (C=O) groups is 2. The molecule has 2 rings (SSSR count). The van der Waals surface area contributed by atoms with E-state index in [1.54, 1.807) is 28.0 Å². The molecular weight excluding hydrogens is 351 g/mol. The van der Waals surface area contributed by atoms with Crippen LogP contribution in [0.15, 0.2) is 18.2 Å². The molecule has 0 spiro atoms. The molecule has 1 aliphatic heterocycles. The second kappa shape index (κ2) is 7.19. The highest BCUT2D eigenvalue weighted by atomic mass is 35.5. The first-order valence-electron chi connectivity index (χ1n) is 7.82. The molecule has 0 radical (unpaired) electrons. The topological polar surface area (TPSA) is 49.9 Å². The summed E-state index contributed by atoms with van der Waals surface area (Å²) in [5.74, 6) is -0.121. The molecule has 0 N–H and O–H groups in total. The number of benzene rings is 1. The van der Waals surface area contributed by atoms with Crippen molar-refractivity contribution >= 4 is 35.2 Å². The SMILES string of the molecule is C[C@@H]1CN(C(=O)c2ccc(Cl)c(Cl)c2)CCN1C(=O)OC(C)(C)C. The monoisotopic (exact) mass is 372 g/mol. The third-order valence-corrected chi connectivity index (χ3v) is 4.45. The molecule has 1 saturated heterocycles. The highest BCUT2D eigenvalue weighted by molar-refractivity contribution is 6.42. The van der Waals surface area contributed by atoms with Gasteiger partial charge in [-0.3, -0.25) is 4.79 Å². The molecule has 1 aliphatic rings. The molecule has 1 fully saturated rings. The number of carbonyl (C=O) groups excluding carboxylic acids is 2. The first-order chi connectivity index (χ1) is 11.1. The lowest BCUT2D eigenvalue weighted by atomic mass is 10.1. The highest BCUT2D eigenvalue weighted by Crippen LogP contribution is 2.24. The minimum atomic E-state index is -0.538. The zero-order valence-electron chi connectivity index (χ0n) is 14.3. The van der Waals surface area contributed by atoms with E-state index in [4.69, 9.17) is 27.9 Å². The van der Waals surface area contributed by atoms with Crippen LogP contribution in [-0.2, 0) is 4.74 Å². The molecule has 24 heavy (non-hydrogen) atoms. The predicted molar refractivity (Wildman–Crippen MR) is 94.8 cm³/mol. The van der Waals surface area contributed by atoms with Gasteiger partial charge in [-0.25, -0.2) is 4.79 Å². The van der Waals surface area contributed by atoms with Gasteiger partial charge in [0.25, 0.3) is 5.91 Å². The van der Waals surface area contributed by atoms with Gasteiger partial charge in [-0.1, -0.05) is 23.2 Å². The summed E-state index contributed by atoms with van der Waals surface area (Å²) in [5.41, 5.74) is -0.0496. The Morgan fingerprint density at radius 2 is 1.83 bits per heavy atom. The Morgan fingerprint density at radius 3 is 2.38 bits per heavy atom. The van der Waals surface area contributed by atoms with E-state index < -0.39 is 5.60 Å². The second-order valence-electron chi connectivity index (χ2n) is 6.90. The van der Waals surface area contributed by atoms with Gasteiger partial charge in [-0.15, -0.1) is 0 Å². The zero-order chi connectivity index (χ0) is 18.1. The summed E-state index contributed by atoms with van der Waals surface area (Å²) in [5, 5.41) is 0.763. The van der Waals surface area contributed by atoms with Crippen molar-refractivity contribution < 1.29 is 14.3 Å². The van der Waals surface area contributed by atoms with Gasteiger partial charge in [-0.2, -0.15) is 0 Å². The van der Waals surface area contributed by atoms with Gasteiger partial charge in [0.15, 0.2) is 0 Å². The van der Waals surface area contributed by atoms with E-state index in [1.165, 1.54) is 0 Å². The molecule has 0 aromatic heterocycles. The number of piperazine rings is 1. The van der Waals surface area contributed by atoms with Crippen LogP contribution in [0.1, 0.15) is 38.1 Å². The van der Waals surface area contributed by atoms with Crippen LogP contribution in [0.3, 0.4) is 0 Å². The molecule has 2 amide bonds. The Hall–Kier alpha value is -1.46. The van der Waals surface area contributed by atoms with Crippen LogP contribution in [0, 0.1) is 0 Å². The fraction of sp³-hybridized carbons (Fsp3) is 0.529. The van der Waals surface area contributed by atoms with Gasteiger partial charge in [0, 0.05) is 31.2 Å². The fourth-order valence-corrected chi connectivity index (χ4v) is 2.84. The molecule has 1 aromatic carbocycles. The summed E-state index contributed by atoms with van der Waals surface area (Å²) in [7, 11) is 0. The lowest BCUT2D eigenvalue weighted by Gasteiger charge is -2.40. The first-order valence-corrected chi connectivity index (χ1v) is 8.58. The van der Waals surface area contributed by atoms with Gasteiger partial charge in [0.1, 0.15) is 5.60 Å². The Labute approximate surface area is 152 Å². The maximum Gasteiger partial charge on any atom is 0.410 e. The summed E-state index contributed by atoms with van der Waals surface area (Å²) in [6.45, 7) is 8.72. The number of halogens is 2. The van der Waals surface area contributed by atoms with Crippen molar-refractivity contribution in [3.63, 3.8) is 0 Å². The summed E-state index contributed by atoms with van der Waals surface area (Å²) < 4.78 is 5.41. The number of amides is 2. The molecule has 0 bridgehead atoms. The van der Waals surface area contributed by atoms with Crippen LogP contribution in [0.4, 0.5) is 4.79 Å². The molecule has 0 unspecified atom stereocenters. The summed E-state index contributed by atoms with van der Waals surface area (Å²) in [6.07, 6.45) is -0.350. The van der Waals surface area contributed by atoms with Gasteiger partial charge >= 0.3 is 6.09 Å². The summed E-state index contributed by atoms with van der Waals surface area (Å²) in [6, 6.07) is 4.70. The van der Waals surface area contributed by atoms with E-state index >= 15 is 0 Å². The van der Waals surface area contributed by atoms with E-state index in [-0.39, 0.29) is 18.0 Å². The Bertz CT molecular complexity index is 643. The number of hydrogen-bond acceptors (Lipinski definition) is 3. The Kier molecular flexibility index (Phi) is 5.66. The Balaban J connectivity index is 2.03. The molecule has 0 saturated carbocycles.